The Morgan fingerprint density at radius 1 is 0.519 bits per heavy atom. The van der Waals surface area contributed by atoms with Crippen molar-refractivity contribution >= 4 is 72.2 Å². The normalized spacial score (nSPS) is 13.7. The van der Waals surface area contributed by atoms with Gasteiger partial charge in [-0.3, -0.25) is 0 Å². The standard InChI is InChI=1S/C51H36N2O/c1-3-19-41-33(12-1)14-11-24-42(41)34-15-9-17-38(26-34)53(40-28-37-30-51-48(31-49(37)52-32-40)46-23-7-8-25-50(46)54-51)39-18-10-16-35(27-39)47-29-36-13-2-4-20-43(36)44-21-5-6-22-45(44)47/h1-10,12-13,15-31,52H,11,14,32H2. The molecule has 2 aliphatic rings. The van der Waals surface area contributed by atoms with E-state index >= 15 is 0 Å². The fourth-order valence-corrected chi connectivity index (χ4v) is 8.77. The van der Waals surface area contributed by atoms with Crippen molar-refractivity contribution in [3.05, 3.63) is 198 Å². The number of fused-ring (bicyclic) bond motifs is 8. The average Bonchev–Trinajstić information content (AvgIpc) is 3.60. The van der Waals surface area contributed by atoms with Gasteiger partial charge in [0.25, 0.3) is 0 Å². The van der Waals surface area contributed by atoms with Crippen molar-refractivity contribution in [3.8, 4) is 11.1 Å². The highest BCUT2D eigenvalue weighted by Gasteiger charge is 2.23. The van der Waals surface area contributed by atoms with E-state index < -0.39 is 0 Å². The van der Waals surface area contributed by atoms with Crippen LogP contribution in [-0.4, -0.2) is 6.54 Å². The quantitative estimate of drug-likeness (QED) is 0.182. The molecule has 1 aliphatic carbocycles. The number of rotatable bonds is 5. The maximum atomic E-state index is 6.35. The van der Waals surface area contributed by atoms with Crippen LogP contribution in [0.4, 0.5) is 17.1 Å². The van der Waals surface area contributed by atoms with Gasteiger partial charge in [0.1, 0.15) is 11.2 Å². The second kappa shape index (κ2) is 12.4. The van der Waals surface area contributed by atoms with E-state index in [1.165, 1.54) is 54.9 Å². The van der Waals surface area contributed by atoms with E-state index in [9.17, 15) is 0 Å². The number of para-hydroxylation sites is 1. The lowest BCUT2D eigenvalue weighted by molar-refractivity contribution is 0.669. The summed E-state index contributed by atoms with van der Waals surface area (Å²) >= 11 is 0. The SMILES string of the molecule is C1=C(c2cccc(N(C3=Cc4cc5oc6ccccc6c5cc4NC3)c3cccc(-c4cc5ccccc5c5ccccc45)c3)c2)c2ccccc2CC1. The molecule has 0 amide bonds. The first-order valence-corrected chi connectivity index (χ1v) is 18.8. The van der Waals surface area contributed by atoms with Crippen LogP contribution in [0, 0.1) is 0 Å². The van der Waals surface area contributed by atoms with Gasteiger partial charge >= 0.3 is 0 Å². The third kappa shape index (κ3) is 5.04. The predicted molar refractivity (Wildman–Crippen MR) is 227 cm³/mol. The lowest BCUT2D eigenvalue weighted by atomic mass is 9.87. The van der Waals surface area contributed by atoms with Crippen LogP contribution in [0.2, 0.25) is 0 Å². The van der Waals surface area contributed by atoms with Crippen LogP contribution in [0.3, 0.4) is 0 Å². The van der Waals surface area contributed by atoms with E-state index in [1.807, 2.05) is 12.1 Å². The van der Waals surface area contributed by atoms with Gasteiger partial charge in [0.05, 0.1) is 6.54 Å². The molecular formula is C51H36N2O. The summed E-state index contributed by atoms with van der Waals surface area (Å²) in [6.07, 6.45) is 6.87. The van der Waals surface area contributed by atoms with Crippen molar-refractivity contribution in [2.24, 2.45) is 0 Å². The molecule has 0 fully saturated rings. The van der Waals surface area contributed by atoms with Crippen molar-refractivity contribution in [2.45, 2.75) is 12.8 Å². The van der Waals surface area contributed by atoms with Crippen LogP contribution in [-0.2, 0) is 6.42 Å². The number of aryl methyl sites for hydroxylation is 1. The number of hydrogen-bond donors (Lipinski definition) is 1. The molecule has 0 atom stereocenters. The molecule has 0 unspecified atom stereocenters. The molecule has 0 saturated carbocycles. The molecule has 3 heteroatoms. The Morgan fingerprint density at radius 2 is 1.24 bits per heavy atom. The zero-order valence-corrected chi connectivity index (χ0v) is 29.7. The molecular weight excluding hydrogens is 657 g/mol. The number of furan rings is 1. The first-order valence-electron chi connectivity index (χ1n) is 18.8. The van der Waals surface area contributed by atoms with Gasteiger partial charge in [-0.15, -0.1) is 0 Å². The number of nitrogens with zero attached hydrogens (tertiary/aromatic N) is 1. The van der Waals surface area contributed by atoms with Crippen molar-refractivity contribution in [2.75, 3.05) is 16.8 Å². The Balaban J connectivity index is 1.09. The van der Waals surface area contributed by atoms with Crippen molar-refractivity contribution in [1.82, 2.24) is 0 Å². The van der Waals surface area contributed by atoms with Crippen molar-refractivity contribution < 1.29 is 4.42 Å². The summed E-state index contributed by atoms with van der Waals surface area (Å²) in [4.78, 5) is 2.43. The smallest absolute Gasteiger partial charge is 0.136 e. The summed E-state index contributed by atoms with van der Waals surface area (Å²) in [5.74, 6) is 0. The molecule has 0 saturated heterocycles. The molecule has 3 nitrogen and oxygen atoms in total. The van der Waals surface area contributed by atoms with Gasteiger partial charge in [-0.2, -0.15) is 0 Å². The molecule has 8 aromatic carbocycles. The van der Waals surface area contributed by atoms with Crippen LogP contribution in [0.25, 0.3) is 66.3 Å². The summed E-state index contributed by atoms with van der Waals surface area (Å²) < 4.78 is 6.35. The number of nitrogens with one attached hydrogen (secondary N) is 1. The van der Waals surface area contributed by atoms with E-state index in [1.54, 1.807) is 0 Å². The maximum Gasteiger partial charge on any atom is 0.136 e. The molecule has 54 heavy (non-hydrogen) atoms. The summed E-state index contributed by atoms with van der Waals surface area (Å²) in [6.45, 7) is 0.674. The Hall–Kier alpha value is -6.84. The highest BCUT2D eigenvalue weighted by Crippen LogP contribution is 2.42. The minimum Gasteiger partial charge on any atom is -0.456 e. The number of hydrogen-bond acceptors (Lipinski definition) is 3. The number of benzene rings is 8. The summed E-state index contributed by atoms with van der Waals surface area (Å²) in [5.41, 5.74) is 15.2. The van der Waals surface area contributed by atoms with Crippen LogP contribution >= 0.6 is 0 Å². The molecule has 1 aromatic heterocycles. The Labute approximate surface area is 314 Å². The Bertz CT molecular complexity index is 3020. The highest BCUT2D eigenvalue weighted by molar-refractivity contribution is 6.14. The molecule has 0 bridgehead atoms. The first-order chi connectivity index (χ1) is 26.7. The second-order valence-corrected chi connectivity index (χ2v) is 14.5. The van der Waals surface area contributed by atoms with Gasteiger partial charge in [-0.05, 0) is 122 Å². The van der Waals surface area contributed by atoms with Crippen LogP contribution < -0.4 is 10.2 Å². The summed E-state index contributed by atoms with van der Waals surface area (Å²) in [7, 11) is 0. The predicted octanol–water partition coefficient (Wildman–Crippen LogP) is 13.5. The molecule has 9 aromatic rings. The monoisotopic (exact) mass is 692 g/mol. The molecule has 1 N–H and O–H groups in total. The topological polar surface area (TPSA) is 28.4 Å². The van der Waals surface area contributed by atoms with Crippen LogP contribution in [0.5, 0.6) is 0 Å². The number of anilines is 3. The van der Waals surface area contributed by atoms with E-state index in [4.69, 9.17) is 4.42 Å². The van der Waals surface area contributed by atoms with Gasteiger partial charge in [-0.1, -0.05) is 121 Å². The van der Waals surface area contributed by atoms with E-state index in [2.05, 4.69) is 174 Å². The zero-order chi connectivity index (χ0) is 35.6. The molecule has 11 rings (SSSR count). The minimum atomic E-state index is 0.674. The summed E-state index contributed by atoms with van der Waals surface area (Å²) in [5, 5.41) is 11.1. The fraction of sp³-hybridized carbons (Fsp3) is 0.0588. The molecule has 0 spiro atoms. The number of allylic oxidation sites excluding steroid dienone is 1. The lowest BCUT2D eigenvalue weighted by Gasteiger charge is -2.32. The maximum absolute atomic E-state index is 6.35. The lowest BCUT2D eigenvalue weighted by Crippen LogP contribution is -2.25. The highest BCUT2D eigenvalue weighted by atomic mass is 16.3. The largest absolute Gasteiger partial charge is 0.456 e. The van der Waals surface area contributed by atoms with Gasteiger partial charge in [-0.25, -0.2) is 0 Å². The third-order valence-electron chi connectivity index (χ3n) is 11.3. The van der Waals surface area contributed by atoms with E-state index in [0.29, 0.717) is 6.54 Å². The average molecular weight is 693 g/mol. The van der Waals surface area contributed by atoms with Crippen molar-refractivity contribution in [1.29, 1.82) is 0 Å². The Morgan fingerprint density at radius 3 is 2.13 bits per heavy atom. The molecule has 0 radical (unpaired) electrons. The van der Waals surface area contributed by atoms with Crippen LogP contribution in [0.1, 0.15) is 28.7 Å². The molecule has 1 aliphatic heterocycles. The van der Waals surface area contributed by atoms with Gasteiger partial charge < -0.3 is 14.6 Å². The Kier molecular flexibility index (Phi) is 7.06. The molecule has 2 heterocycles. The van der Waals surface area contributed by atoms with E-state index in [0.717, 1.165) is 63.1 Å². The van der Waals surface area contributed by atoms with Crippen molar-refractivity contribution in [3.63, 3.8) is 0 Å². The van der Waals surface area contributed by atoms with Gasteiger partial charge in [0.2, 0.25) is 0 Å². The zero-order valence-electron chi connectivity index (χ0n) is 29.7. The van der Waals surface area contributed by atoms with Gasteiger partial charge in [0.15, 0.2) is 0 Å². The molecule has 256 valence electrons. The van der Waals surface area contributed by atoms with E-state index in [-0.39, 0.29) is 0 Å². The minimum absolute atomic E-state index is 0.674. The fourth-order valence-electron chi connectivity index (χ4n) is 8.77. The van der Waals surface area contributed by atoms with Crippen LogP contribution in [0.15, 0.2) is 180 Å². The summed E-state index contributed by atoms with van der Waals surface area (Å²) in [6, 6.07) is 59.6. The van der Waals surface area contributed by atoms with Gasteiger partial charge in [0, 0.05) is 39.1 Å². The third-order valence-corrected chi connectivity index (χ3v) is 11.3. The second-order valence-electron chi connectivity index (χ2n) is 14.5. The first kappa shape index (κ1) is 30.8.